The van der Waals surface area contributed by atoms with Gasteiger partial charge in [0.15, 0.2) is 5.72 Å². The molecule has 0 radical (unpaired) electrons. The first-order valence-electron chi connectivity index (χ1n) is 9.39. The lowest BCUT2D eigenvalue weighted by Gasteiger charge is -2.38. The van der Waals surface area contributed by atoms with Gasteiger partial charge >= 0.3 is 0 Å². The Hall–Kier alpha value is -2.26. The molecule has 2 saturated heterocycles. The molecule has 3 N–H and O–H groups in total. The van der Waals surface area contributed by atoms with Gasteiger partial charge in [0.25, 0.3) is 5.91 Å². The maximum Gasteiger partial charge on any atom is 0.258 e. The molecule has 0 aromatic heterocycles. The van der Waals surface area contributed by atoms with Crippen LogP contribution in [0.3, 0.4) is 0 Å². The Labute approximate surface area is 167 Å². The summed E-state index contributed by atoms with van der Waals surface area (Å²) < 4.78 is 6.09. The third kappa shape index (κ3) is 3.81. The number of carbonyl (C=O) groups excluding carboxylic acids is 3. The molecule has 1 aromatic carbocycles. The van der Waals surface area contributed by atoms with Crippen molar-refractivity contribution in [1.82, 2.24) is 15.5 Å². The van der Waals surface area contributed by atoms with E-state index in [2.05, 4.69) is 10.6 Å². The number of fused-ring (bicyclic) bond motifs is 1. The molecular formula is C19H23N3O5S. The number of nitrogens with one attached hydrogen (secondary N) is 2. The monoisotopic (exact) mass is 405 g/mol. The van der Waals surface area contributed by atoms with E-state index in [9.17, 15) is 19.5 Å². The Morgan fingerprint density at radius 1 is 1.32 bits per heavy atom. The van der Waals surface area contributed by atoms with Crippen LogP contribution in [0.25, 0.3) is 0 Å². The van der Waals surface area contributed by atoms with E-state index in [1.165, 1.54) is 4.90 Å². The van der Waals surface area contributed by atoms with Crippen molar-refractivity contribution >= 4 is 29.5 Å². The maximum absolute atomic E-state index is 12.5. The van der Waals surface area contributed by atoms with Crippen LogP contribution in [0.15, 0.2) is 24.3 Å². The highest BCUT2D eigenvalue weighted by Gasteiger charge is 2.42. The molecule has 8 nitrogen and oxygen atoms in total. The van der Waals surface area contributed by atoms with Gasteiger partial charge in [-0.05, 0) is 12.1 Å². The average molecular weight is 405 g/mol. The summed E-state index contributed by atoms with van der Waals surface area (Å²) in [6, 6.07) is 6.75. The molecule has 1 aromatic rings. The summed E-state index contributed by atoms with van der Waals surface area (Å²) in [5.41, 5.74) is -0.460. The normalized spacial score (nSPS) is 29.7. The lowest BCUT2D eigenvalue weighted by molar-refractivity contribution is -0.136. The number of rotatable bonds is 3. The van der Waals surface area contributed by atoms with Gasteiger partial charge in [-0.1, -0.05) is 12.1 Å². The quantitative estimate of drug-likeness (QED) is 0.659. The van der Waals surface area contributed by atoms with Crippen molar-refractivity contribution in [2.24, 2.45) is 0 Å². The van der Waals surface area contributed by atoms with Crippen LogP contribution in [0.1, 0.15) is 29.6 Å². The molecule has 0 unspecified atom stereocenters. The van der Waals surface area contributed by atoms with Gasteiger partial charge in [0, 0.05) is 37.3 Å². The Kier molecular flexibility index (Phi) is 5.20. The number of para-hydroxylation sites is 1. The third-order valence-corrected chi connectivity index (χ3v) is 6.56. The number of benzene rings is 1. The zero-order chi connectivity index (χ0) is 19.7. The topological polar surface area (TPSA) is 108 Å². The Balaban J connectivity index is 1.40. The van der Waals surface area contributed by atoms with Crippen LogP contribution >= 0.6 is 11.8 Å². The van der Waals surface area contributed by atoms with Gasteiger partial charge in [0.1, 0.15) is 5.75 Å². The zero-order valence-corrected chi connectivity index (χ0v) is 16.2. The predicted octanol–water partition coefficient (Wildman–Crippen LogP) is 0.110. The van der Waals surface area contributed by atoms with Crippen molar-refractivity contribution < 1.29 is 24.2 Å². The molecule has 9 heteroatoms. The fourth-order valence-corrected chi connectivity index (χ4v) is 4.96. The van der Waals surface area contributed by atoms with Gasteiger partial charge in [0.05, 0.1) is 24.3 Å². The van der Waals surface area contributed by atoms with Crippen molar-refractivity contribution in [1.29, 1.82) is 0 Å². The van der Waals surface area contributed by atoms with Crippen molar-refractivity contribution in [3.63, 3.8) is 0 Å². The minimum absolute atomic E-state index is 0.0622. The van der Waals surface area contributed by atoms with Gasteiger partial charge in [-0.25, -0.2) is 0 Å². The average Bonchev–Trinajstić information content (AvgIpc) is 3.01. The number of aliphatic hydroxyl groups excluding tert-OH is 1. The molecule has 0 aliphatic carbocycles. The first-order chi connectivity index (χ1) is 13.5. The molecule has 3 aliphatic heterocycles. The molecule has 3 aliphatic rings. The van der Waals surface area contributed by atoms with Crippen LogP contribution in [0.2, 0.25) is 0 Å². The van der Waals surface area contributed by atoms with Crippen LogP contribution in [0.4, 0.5) is 0 Å². The van der Waals surface area contributed by atoms with E-state index in [-0.39, 0.29) is 36.7 Å². The summed E-state index contributed by atoms with van der Waals surface area (Å²) in [5.74, 6) is 1.14. The molecular weight excluding hydrogens is 382 g/mol. The highest BCUT2D eigenvalue weighted by molar-refractivity contribution is 7.99. The first kappa shape index (κ1) is 19.1. The van der Waals surface area contributed by atoms with Gasteiger partial charge < -0.3 is 25.4 Å². The van der Waals surface area contributed by atoms with E-state index in [4.69, 9.17) is 4.74 Å². The predicted molar refractivity (Wildman–Crippen MR) is 103 cm³/mol. The van der Waals surface area contributed by atoms with E-state index in [1.807, 2.05) is 0 Å². The first-order valence-corrected chi connectivity index (χ1v) is 10.5. The lowest BCUT2D eigenvalue weighted by atomic mass is 10.0. The molecule has 4 rings (SSSR count). The Morgan fingerprint density at radius 2 is 2.14 bits per heavy atom. The smallest absolute Gasteiger partial charge is 0.258 e. The number of hydrogen-bond acceptors (Lipinski definition) is 6. The minimum Gasteiger partial charge on any atom is -0.467 e. The number of carbonyl (C=O) groups is 3. The SMILES string of the molecule is O=C(CN1CC[C@]2(CCC1=O)NC(=O)c1ccccc1O2)N[C@H]1CSC[C@@H]1O. The molecule has 0 bridgehead atoms. The number of hydrogen-bond donors (Lipinski definition) is 3. The third-order valence-electron chi connectivity index (χ3n) is 5.39. The lowest BCUT2D eigenvalue weighted by Crippen LogP contribution is -2.56. The van der Waals surface area contributed by atoms with Crippen LogP contribution in [-0.2, 0) is 9.59 Å². The zero-order valence-electron chi connectivity index (χ0n) is 15.3. The van der Waals surface area contributed by atoms with Crippen LogP contribution < -0.4 is 15.4 Å². The molecule has 150 valence electrons. The highest BCUT2D eigenvalue weighted by atomic mass is 32.2. The van der Waals surface area contributed by atoms with E-state index in [0.717, 1.165) is 0 Å². The summed E-state index contributed by atoms with van der Waals surface area (Å²) in [5, 5.41) is 15.6. The summed E-state index contributed by atoms with van der Waals surface area (Å²) in [6.07, 6.45) is 0.371. The Bertz CT molecular complexity index is 804. The van der Waals surface area contributed by atoms with E-state index in [0.29, 0.717) is 42.2 Å². The summed E-state index contributed by atoms with van der Waals surface area (Å²) in [6.45, 7) is 0.240. The van der Waals surface area contributed by atoms with E-state index >= 15 is 0 Å². The molecule has 28 heavy (non-hydrogen) atoms. The van der Waals surface area contributed by atoms with Gasteiger partial charge in [0.2, 0.25) is 11.8 Å². The van der Waals surface area contributed by atoms with Gasteiger partial charge in [-0.15, -0.1) is 0 Å². The number of nitrogens with zero attached hydrogens (tertiary/aromatic N) is 1. The molecule has 3 amide bonds. The van der Waals surface area contributed by atoms with Crippen molar-refractivity contribution in [3.8, 4) is 5.75 Å². The molecule has 2 fully saturated rings. The number of thioether (sulfide) groups is 1. The van der Waals surface area contributed by atoms with Crippen molar-refractivity contribution in [3.05, 3.63) is 29.8 Å². The van der Waals surface area contributed by atoms with Crippen LogP contribution in [0.5, 0.6) is 5.75 Å². The Morgan fingerprint density at radius 3 is 2.93 bits per heavy atom. The molecule has 3 atom stereocenters. The summed E-state index contributed by atoms with van der Waals surface area (Å²) in [4.78, 5) is 38.8. The standard InChI is InChI=1S/C19H23N3O5S/c23-14-11-28-10-13(14)20-16(24)9-22-8-7-19(6-5-17(22)25)21-18(26)12-3-1-2-4-15(12)27-19/h1-4,13-14,23H,5-11H2,(H,20,24)(H,21,26)/t13-,14-,19+/m0/s1. The van der Waals surface area contributed by atoms with Crippen LogP contribution in [0, 0.1) is 0 Å². The summed E-state index contributed by atoms with van der Waals surface area (Å²) in [7, 11) is 0. The van der Waals surface area contributed by atoms with Crippen molar-refractivity contribution in [2.75, 3.05) is 24.6 Å². The van der Waals surface area contributed by atoms with E-state index < -0.39 is 11.8 Å². The second kappa shape index (κ2) is 7.63. The van der Waals surface area contributed by atoms with Crippen LogP contribution in [-0.4, -0.2) is 70.2 Å². The number of ether oxygens (including phenoxy) is 1. The number of amides is 3. The fourth-order valence-electron chi connectivity index (χ4n) is 3.79. The highest BCUT2D eigenvalue weighted by Crippen LogP contribution is 2.33. The number of aliphatic hydroxyl groups is 1. The number of likely N-dealkylation sites (tertiary alicyclic amines) is 1. The largest absolute Gasteiger partial charge is 0.467 e. The maximum atomic E-state index is 12.5. The second-order valence-electron chi connectivity index (χ2n) is 7.39. The van der Waals surface area contributed by atoms with Gasteiger partial charge in [-0.2, -0.15) is 11.8 Å². The molecule has 3 heterocycles. The molecule has 0 saturated carbocycles. The fraction of sp³-hybridized carbons (Fsp3) is 0.526. The molecule has 1 spiro atoms. The van der Waals surface area contributed by atoms with Gasteiger partial charge in [-0.3, -0.25) is 14.4 Å². The summed E-state index contributed by atoms with van der Waals surface area (Å²) >= 11 is 1.59. The van der Waals surface area contributed by atoms with E-state index in [1.54, 1.807) is 36.0 Å². The van der Waals surface area contributed by atoms with Crippen molar-refractivity contribution in [2.45, 2.75) is 37.1 Å². The minimum atomic E-state index is -0.940. The second-order valence-corrected chi connectivity index (χ2v) is 8.47.